The Hall–Kier alpha value is -2.19. The molecule has 0 radical (unpaired) electrons. The molecular formula is C17H17FN4OS2. The van der Waals surface area contributed by atoms with Crippen molar-refractivity contribution >= 4 is 34.7 Å². The number of amides is 1. The van der Waals surface area contributed by atoms with Crippen molar-refractivity contribution < 1.29 is 9.18 Å². The second-order valence-corrected chi connectivity index (χ2v) is 7.49. The quantitative estimate of drug-likeness (QED) is 0.667. The van der Waals surface area contributed by atoms with Gasteiger partial charge in [-0.1, -0.05) is 23.9 Å². The Morgan fingerprint density at radius 1 is 1.36 bits per heavy atom. The highest BCUT2D eigenvalue weighted by Crippen LogP contribution is 2.20. The Kier molecular flexibility index (Phi) is 5.50. The van der Waals surface area contributed by atoms with Gasteiger partial charge in [0, 0.05) is 24.0 Å². The van der Waals surface area contributed by atoms with Gasteiger partial charge in [0.25, 0.3) is 0 Å². The van der Waals surface area contributed by atoms with Gasteiger partial charge in [0.15, 0.2) is 5.16 Å². The van der Waals surface area contributed by atoms with Gasteiger partial charge in [-0.15, -0.1) is 21.5 Å². The molecule has 25 heavy (non-hydrogen) atoms. The normalized spacial score (nSPS) is 10.8. The van der Waals surface area contributed by atoms with Gasteiger partial charge >= 0.3 is 0 Å². The summed E-state index contributed by atoms with van der Waals surface area (Å²) >= 11 is 2.98. The number of hydrogen-bond donors (Lipinski definition) is 1. The zero-order valence-electron chi connectivity index (χ0n) is 13.8. The fraction of sp³-hybridized carbons (Fsp3) is 0.235. The van der Waals surface area contributed by atoms with E-state index in [9.17, 15) is 9.18 Å². The van der Waals surface area contributed by atoms with Gasteiger partial charge in [-0.2, -0.15) is 0 Å². The molecule has 8 heteroatoms. The number of anilines is 1. The third-order valence-electron chi connectivity index (χ3n) is 3.63. The molecule has 0 aliphatic heterocycles. The molecule has 0 spiro atoms. The molecule has 0 saturated heterocycles. The van der Waals surface area contributed by atoms with Gasteiger partial charge in [-0.05, 0) is 36.1 Å². The Morgan fingerprint density at radius 3 is 2.92 bits per heavy atom. The maximum Gasteiger partial charge on any atom is 0.234 e. The number of thioether (sulfide) groups is 1. The summed E-state index contributed by atoms with van der Waals surface area (Å²) < 4.78 is 15.4. The minimum absolute atomic E-state index is 0.181. The van der Waals surface area contributed by atoms with Crippen LogP contribution in [0.1, 0.15) is 16.3 Å². The molecule has 0 atom stereocenters. The first-order valence-electron chi connectivity index (χ1n) is 7.62. The minimum Gasteiger partial charge on any atom is -0.325 e. The average Bonchev–Trinajstić information content (AvgIpc) is 3.21. The second-order valence-electron chi connectivity index (χ2n) is 5.51. The lowest BCUT2D eigenvalue weighted by atomic mass is 10.2. The molecule has 0 aliphatic carbocycles. The lowest BCUT2D eigenvalue weighted by Crippen LogP contribution is -2.14. The Labute approximate surface area is 153 Å². The molecule has 3 rings (SSSR count). The van der Waals surface area contributed by atoms with Gasteiger partial charge in [-0.3, -0.25) is 4.79 Å². The summed E-state index contributed by atoms with van der Waals surface area (Å²) in [6, 6.07) is 8.70. The predicted octanol–water partition coefficient (Wildman–Crippen LogP) is 3.65. The summed E-state index contributed by atoms with van der Waals surface area (Å²) in [6.45, 7) is 1.68. The van der Waals surface area contributed by atoms with Crippen molar-refractivity contribution in [2.75, 3.05) is 11.1 Å². The summed E-state index contributed by atoms with van der Waals surface area (Å²) in [5.74, 6) is 0.486. The summed E-state index contributed by atoms with van der Waals surface area (Å²) in [7, 11) is 1.89. The molecule has 0 unspecified atom stereocenters. The van der Waals surface area contributed by atoms with Gasteiger partial charge in [0.05, 0.1) is 5.75 Å². The van der Waals surface area contributed by atoms with E-state index >= 15 is 0 Å². The van der Waals surface area contributed by atoms with Crippen LogP contribution in [0.15, 0.2) is 40.9 Å². The summed E-state index contributed by atoms with van der Waals surface area (Å²) in [6.07, 6.45) is 0.719. The van der Waals surface area contributed by atoms with E-state index in [4.69, 9.17) is 0 Å². The number of thiophene rings is 1. The minimum atomic E-state index is -0.336. The molecule has 0 bridgehead atoms. The number of nitrogens with one attached hydrogen (secondary N) is 1. The molecule has 0 aliphatic rings. The summed E-state index contributed by atoms with van der Waals surface area (Å²) in [5, 5.41) is 13.7. The number of benzene rings is 1. The number of halogens is 1. The highest BCUT2D eigenvalue weighted by Gasteiger charge is 2.12. The Balaban J connectivity index is 1.57. The summed E-state index contributed by atoms with van der Waals surface area (Å²) in [4.78, 5) is 13.3. The van der Waals surface area contributed by atoms with E-state index in [0.717, 1.165) is 12.2 Å². The van der Waals surface area contributed by atoms with Crippen molar-refractivity contribution in [2.24, 2.45) is 7.05 Å². The van der Waals surface area contributed by atoms with Crippen molar-refractivity contribution in [1.29, 1.82) is 0 Å². The highest BCUT2D eigenvalue weighted by molar-refractivity contribution is 7.99. The second kappa shape index (κ2) is 7.79. The van der Waals surface area contributed by atoms with Crippen molar-refractivity contribution in [3.63, 3.8) is 0 Å². The van der Waals surface area contributed by atoms with Crippen LogP contribution in [0.5, 0.6) is 0 Å². The van der Waals surface area contributed by atoms with Crippen LogP contribution in [0.3, 0.4) is 0 Å². The van der Waals surface area contributed by atoms with E-state index < -0.39 is 0 Å². The number of aromatic nitrogens is 3. The third-order valence-corrected chi connectivity index (χ3v) is 5.52. The average molecular weight is 376 g/mol. The monoisotopic (exact) mass is 376 g/mol. The van der Waals surface area contributed by atoms with E-state index in [1.807, 2.05) is 23.1 Å². The van der Waals surface area contributed by atoms with Crippen molar-refractivity contribution in [1.82, 2.24) is 14.8 Å². The van der Waals surface area contributed by atoms with Crippen molar-refractivity contribution in [3.8, 4) is 0 Å². The maximum absolute atomic E-state index is 13.5. The lowest BCUT2D eigenvalue weighted by Gasteiger charge is -2.06. The molecule has 1 aromatic carbocycles. The summed E-state index contributed by atoms with van der Waals surface area (Å²) in [5.41, 5.74) is 0.995. The van der Waals surface area contributed by atoms with E-state index in [-0.39, 0.29) is 17.5 Å². The fourth-order valence-electron chi connectivity index (χ4n) is 2.19. The zero-order chi connectivity index (χ0) is 17.8. The molecule has 130 valence electrons. The molecule has 3 aromatic rings. The van der Waals surface area contributed by atoms with Crippen molar-refractivity contribution in [3.05, 3.63) is 57.8 Å². The van der Waals surface area contributed by atoms with Crippen LogP contribution < -0.4 is 5.32 Å². The topological polar surface area (TPSA) is 59.8 Å². The first-order valence-corrected chi connectivity index (χ1v) is 9.49. The van der Waals surface area contributed by atoms with Gasteiger partial charge in [0.2, 0.25) is 5.91 Å². The zero-order valence-corrected chi connectivity index (χ0v) is 15.5. The van der Waals surface area contributed by atoms with Crippen LogP contribution in [0, 0.1) is 12.7 Å². The Morgan fingerprint density at radius 2 is 2.20 bits per heavy atom. The molecule has 0 saturated carbocycles. The van der Waals surface area contributed by atoms with Crippen LogP contribution in [-0.4, -0.2) is 26.4 Å². The van der Waals surface area contributed by atoms with Gasteiger partial charge < -0.3 is 9.88 Å². The van der Waals surface area contributed by atoms with Crippen LogP contribution >= 0.6 is 23.1 Å². The van der Waals surface area contributed by atoms with E-state index in [2.05, 4.69) is 21.6 Å². The predicted molar refractivity (Wildman–Crippen MR) is 98.6 cm³/mol. The number of carbonyl (C=O) groups excluding carboxylic acids is 1. The number of rotatable bonds is 6. The highest BCUT2D eigenvalue weighted by atomic mass is 32.2. The van der Waals surface area contributed by atoms with Gasteiger partial charge in [-0.25, -0.2) is 4.39 Å². The van der Waals surface area contributed by atoms with E-state index in [1.165, 1.54) is 22.7 Å². The molecular weight excluding hydrogens is 359 g/mol. The Bertz CT molecular complexity index is 877. The fourth-order valence-corrected chi connectivity index (χ4v) is 3.62. The van der Waals surface area contributed by atoms with Crippen LogP contribution in [0.25, 0.3) is 0 Å². The molecule has 0 fully saturated rings. The van der Waals surface area contributed by atoms with E-state index in [1.54, 1.807) is 30.4 Å². The van der Waals surface area contributed by atoms with Gasteiger partial charge in [0.1, 0.15) is 11.6 Å². The third kappa shape index (κ3) is 4.46. The molecule has 1 N–H and O–H groups in total. The molecule has 2 aromatic heterocycles. The number of nitrogens with zero attached hydrogens (tertiary/aromatic N) is 3. The lowest BCUT2D eigenvalue weighted by molar-refractivity contribution is -0.113. The number of hydrogen-bond acceptors (Lipinski definition) is 5. The molecule has 5 nitrogen and oxygen atoms in total. The first-order chi connectivity index (χ1) is 12.0. The maximum atomic E-state index is 13.5. The van der Waals surface area contributed by atoms with Crippen molar-refractivity contribution in [2.45, 2.75) is 18.5 Å². The van der Waals surface area contributed by atoms with Crippen LogP contribution in [0.4, 0.5) is 10.1 Å². The standard InChI is InChI=1S/C17H17FN4OS2/c1-11-5-6-12(8-14(11)18)19-16(23)10-25-17-21-20-15(22(17)2)9-13-4-3-7-24-13/h3-8H,9-10H2,1-2H3,(H,19,23). The molecule has 1 amide bonds. The van der Waals surface area contributed by atoms with Crippen LogP contribution in [-0.2, 0) is 18.3 Å². The largest absolute Gasteiger partial charge is 0.325 e. The molecule has 2 heterocycles. The number of aryl methyl sites for hydroxylation is 1. The van der Waals surface area contributed by atoms with E-state index in [0.29, 0.717) is 16.4 Å². The number of carbonyl (C=O) groups is 1. The first kappa shape index (κ1) is 17.6. The SMILES string of the molecule is Cc1ccc(NC(=O)CSc2nnc(Cc3cccs3)n2C)cc1F. The smallest absolute Gasteiger partial charge is 0.234 e. The van der Waals surface area contributed by atoms with Crippen LogP contribution in [0.2, 0.25) is 0 Å².